The molecule has 24 heavy (non-hydrogen) atoms. The van der Waals surface area contributed by atoms with E-state index in [1.807, 2.05) is 24.3 Å². The molecule has 2 aliphatic carbocycles. The van der Waals surface area contributed by atoms with Crippen molar-refractivity contribution in [3.63, 3.8) is 0 Å². The van der Waals surface area contributed by atoms with Crippen molar-refractivity contribution in [3.8, 4) is 0 Å². The van der Waals surface area contributed by atoms with Crippen LogP contribution in [-0.2, 0) is 9.59 Å². The topological polar surface area (TPSA) is 70.2 Å². The van der Waals surface area contributed by atoms with Crippen molar-refractivity contribution in [2.24, 2.45) is 11.8 Å². The summed E-state index contributed by atoms with van der Waals surface area (Å²) in [6.07, 6.45) is 6.57. The third kappa shape index (κ3) is 4.98. The van der Waals surface area contributed by atoms with Gasteiger partial charge in [-0.2, -0.15) is 0 Å². The fourth-order valence-corrected chi connectivity index (χ4v) is 3.13. The monoisotopic (exact) mass is 329 g/mol. The minimum Gasteiger partial charge on any atom is -0.376 e. The summed E-state index contributed by atoms with van der Waals surface area (Å²) in [7, 11) is 0. The molecule has 3 N–H and O–H groups in total. The van der Waals surface area contributed by atoms with Crippen molar-refractivity contribution in [2.75, 3.05) is 17.2 Å². The predicted octanol–water partition coefficient (Wildman–Crippen LogP) is 3.14. The molecule has 1 aromatic rings. The van der Waals surface area contributed by atoms with E-state index in [0.717, 1.165) is 43.0 Å². The lowest BCUT2D eigenvalue weighted by Crippen LogP contribution is -2.40. The van der Waals surface area contributed by atoms with Crippen LogP contribution in [0.3, 0.4) is 0 Å². The Hall–Kier alpha value is -2.04. The Labute approximate surface area is 143 Å². The first kappa shape index (κ1) is 16.8. The summed E-state index contributed by atoms with van der Waals surface area (Å²) in [5, 5.41) is 9.15. The van der Waals surface area contributed by atoms with Gasteiger partial charge >= 0.3 is 0 Å². The molecule has 5 nitrogen and oxygen atoms in total. The molecular weight excluding hydrogens is 302 g/mol. The molecule has 0 aromatic heterocycles. The highest BCUT2D eigenvalue weighted by Crippen LogP contribution is 2.30. The van der Waals surface area contributed by atoms with E-state index in [1.165, 1.54) is 12.8 Å². The minimum absolute atomic E-state index is 0.0423. The van der Waals surface area contributed by atoms with Gasteiger partial charge in [-0.05, 0) is 68.7 Å². The van der Waals surface area contributed by atoms with E-state index in [4.69, 9.17) is 0 Å². The first-order valence-electron chi connectivity index (χ1n) is 9.04. The van der Waals surface area contributed by atoms with E-state index in [1.54, 1.807) is 0 Å². The second-order valence-corrected chi connectivity index (χ2v) is 7.22. The van der Waals surface area contributed by atoms with Crippen molar-refractivity contribution >= 4 is 23.2 Å². The molecule has 0 unspecified atom stereocenters. The molecule has 1 aromatic carbocycles. The van der Waals surface area contributed by atoms with Gasteiger partial charge in [0, 0.05) is 23.3 Å². The van der Waals surface area contributed by atoms with Crippen LogP contribution >= 0.6 is 0 Å². The smallest absolute Gasteiger partial charge is 0.239 e. The summed E-state index contributed by atoms with van der Waals surface area (Å²) in [6, 6.07) is 7.83. The molecule has 0 aliphatic heterocycles. The first-order chi connectivity index (χ1) is 11.6. The fourth-order valence-electron chi connectivity index (χ4n) is 3.13. The molecule has 0 bridgehead atoms. The normalized spacial score (nSPS) is 23.4. The predicted molar refractivity (Wildman–Crippen MR) is 95.8 cm³/mol. The Kier molecular flexibility index (Phi) is 5.38. The number of nitrogens with one attached hydrogen (secondary N) is 3. The second-order valence-electron chi connectivity index (χ2n) is 7.22. The lowest BCUT2D eigenvalue weighted by atomic mass is 9.87. The SMILES string of the molecule is CC1CCC(NC(=O)CNc2ccc(NC(=O)C3CC3)cc2)CC1. The number of carbonyl (C=O) groups excluding carboxylic acids is 2. The Morgan fingerprint density at radius 2 is 1.58 bits per heavy atom. The van der Waals surface area contributed by atoms with Crippen molar-refractivity contribution in [1.82, 2.24) is 5.32 Å². The van der Waals surface area contributed by atoms with E-state index in [9.17, 15) is 9.59 Å². The number of amides is 2. The number of carbonyl (C=O) groups is 2. The maximum Gasteiger partial charge on any atom is 0.239 e. The van der Waals surface area contributed by atoms with Crippen LogP contribution in [0.5, 0.6) is 0 Å². The summed E-state index contributed by atoms with van der Waals surface area (Å²) in [5.41, 5.74) is 1.69. The lowest BCUT2D eigenvalue weighted by molar-refractivity contribution is -0.120. The zero-order chi connectivity index (χ0) is 16.9. The molecule has 2 saturated carbocycles. The zero-order valence-electron chi connectivity index (χ0n) is 14.3. The molecular formula is C19H27N3O2. The number of hydrogen-bond acceptors (Lipinski definition) is 3. The molecule has 0 heterocycles. The molecule has 5 heteroatoms. The molecule has 2 amide bonds. The molecule has 0 saturated heterocycles. The van der Waals surface area contributed by atoms with Gasteiger partial charge in [0.2, 0.25) is 11.8 Å². The number of anilines is 2. The number of benzene rings is 1. The summed E-state index contributed by atoms with van der Waals surface area (Å²) in [4.78, 5) is 23.7. The van der Waals surface area contributed by atoms with Crippen molar-refractivity contribution in [1.29, 1.82) is 0 Å². The quantitative estimate of drug-likeness (QED) is 0.751. The lowest BCUT2D eigenvalue weighted by Gasteiger charge is -2.27. The van der Waals surface area contributed by atoms with Gasteiger partial charge in [0.15, 0.2) is 0 Å². The molecule has 2 fully saturated rings. The van der Waals surface area contributed by atoms with Gasteiger partial charge in [-0.1, -0.05) is 6.92 Å². The maximum atomic E-state index is 12.0. The maximum absolute atomic E-state index is 12.0. The van der Waals surface area contributed by atoms with E-state index >= 15 is 0 Å². The van der Waals surface area contributed by atoms with Crippen LogP contribution in [0.4, 0.5) is 11.4 Å². The summed E-state index contributed by atoms with van der Waals surface area (Å²) >= 11 is 0. The third-order valence-corrected chi connectivity index (χ3v) is 4.93. The first-order valence-corrected chi connectivity index (χ1v) is 9.04. The van der Waals surface area contributed by atoms with Crippen molar-refractivity contribution in [2.45, 2.75) is 51.5 Å². The molecule has 0 radical (unpaired) electrons. The highest BCUT2D eigenvalue weighted by molar-refractivity contribution is 5.94. The van der Waals surface area contributed by atoms with E-state index in [2.05, 4.69) is 22.9 Å². The zero-order valence-corrected chi connectivity index (χ0v) is 14.3. The van der Waals surface area contributed by atoms with Gasteiger partial charge in [-0.15, -0.1) is 0 Å². The van der Waals surface area contributed by atoms with E-state index < -0.39 is 0 Å². The van der Waals surface area contributed by atoms with E-state index in [-0.39, 0.29) is 24.3 Å². The summed E-state index contributed by atoms with van der Waals surface area (Å²) in [5.74, 6) is 1.14. The average Bonchev–Trinajstić information content (AvgIpc) is 3.41. The number of hydrogen-bond donors (Lipinski definition) is 3. The van der Waals surface area contributed by atoms with Gasteiger partial charge in [-0.3, -0.25) is 9.59 Å². The van der Waals surface area contributed by atoms with Crippen LogP contribution in [0, 0.1) is 11.8 Å². The second kappa shape index (κ2) is 7.69. The van der Waals surface area contributed by atoms with Gasteiger partial charge in [-0.25, -0.2) is 0 Å². The molecule has 0 spiro atoms. The van der Waals surface area contributed by atoms with E-state index in [0.29, 0.717) is 6.04 Å². The third-order valence-electron chi connectivity index (χ3n) is 4.93. The number of rotatable bonds is 6. The Bertz CT molecular complexity index is 573. The van der Waals surface area contributed by atoms with Crippen LogP contribution in [0.2, 0.25) is 0 Å². The Balaban J connectivity index is 1.39. The van der Waals surface area contributed by atoms with Crippen LogP contribution in [0.1, 0.15) is 45.4 Å². The fraction of sp³-hybridized carbons (Fsp3) is 0.579. The molecule has 3 rings (SSSR count). The van der Waals surface area contributed by atoms with Crippen LogP contribution in [0.25, 0.3) is 0 Å². The Morgan fingerprint density at radius 1 is 0.958 bits per heavy atom. The van der Waals surface area contributed by atoms with Crippen LogP contribution in [-0.4, -0.2) is 24.4 Å². The molecule has 0 atom stereocenters. The Morgan fingerprint density at radius 3 is 2.21 bits per heavy atom. The van der Waals surface area contributed by atoms with Crippen molar-refractivity contribution < 1.29 is 9.59 Å². The standard InChI is InChI=1S/C19H27N3O2/c1-13-2-6-16(7-3-13)21-18(23)12-20-15-8-10-17(11-9-15)22-19(24)14-4-5-14/h8-11,13-14,16,20H,2-7,12H2,1H3,(H,21,23)(H,22,24). The highest BCUT2D eigenvalue weighted by atomic mass is 16.2. The van der Waals surface area contributed by atoms with Gasteiger partial charge < -0.3 is 16.0 Å². The minimum atomic E-state index is 0.0423. The van der Waals surface area contributed by atoms with Crippen LogP contribution < -0.4 is 16.0 Å². The van der Waals surface area contributed by atoms with Crippen LogP contribution in [0.15, 0.2) is 24.3 Å². The molecule has 2 aliphatic rings. The summed E-state index contributed by atoms with van der Waals surface area (Å²) in [6.45, 7) is 2.55. The summed E-state index contributed by atoms with van der Waals surface area (Å²) < 4.78 is 0. The highest BCUT2D eigenvalue weighted by Gasteiger charge is 2.29. The average molecular weight is 329 g/mol. The van der Waals surface area contributed by atoms with Gasteiger partial charge in [0.05, 0.1) is 6.54 Å². The molecule has 130 valence electrons. The van der Waals surface area contributed by atoms with Gasteiger partial charge in [0.25, 0.3) is 0 Å². The van der Waals surface area contributed by atoms with Crippen molar-refractivity contribution in [3.05, 3.63) is 24.3 Å². The van der Waals surface area contributed by atoms with Gasteiger partial charge in [0.1, 0.15) is 0 Å². The largest absolute Gasteiger partial charge is 0.376 e.